The molecule has 0 aromatic heterocycles. The van der Waals surface area contributed by atoms with Gasteiger partial charge in [-0.1, -0.05) is 63.3 Å². The Morgan fingerprint density at radius 1 is 1.04 bits per heavy atom. The molecule has 0 aromatic rings. The maximum atomic E-state index is 11.7. The lowest BCUT2D eigenvalue weighted by atomic mass is 10.1. The van der Waals surface area contributed by atoms with Crippen LogP contribution in [0.25, 0.3) is 0 Å². The summed E-state index contributed by atoms with van der Waals surface area (Å²) < 4.78 is 10.4. The topological polar surface area (TPSA) is 55.8 Å². The smallest absolute Gasteiger partial charge is 0.305 e. The van der Waals surface area contributed by atoms with Crippen LogP contribution in [-0.2, 0) is 14.1 Å². The molecular formula is C22H39O4P. The van der Waals surface area contributed by atoms with Crippen molar-refractivity contribution in [1.82, 2.24) is 0 Å². The molecule has 1 heterocycles. The standard InChI is InChI=1S/C22H39O4P/c1-2-3-4-5-6-7-8-9-10-11-12-13-14-15-16-17-22(23)25-18-21-19-26-27(24)20-21/h6-7,9-10,21,24H,2-5,8,11-20H2,1H3/b7-6-,10-9-. The number of hydrogen-bond donors (Lipinski definition) is 1. The SMILES string of the molecule is CCCCC/C=C\C/C=C\CCCCCCCC(=O)OCC1COP(O)C1. The van der Waals surface area contributed by atoms with Gasteiger partial charge < -0.3 is 14.2 Å². The van der Waals surface area contributed by atoms with Crippen LogP contribution in [0.4, 0.5) is 0 Å². The summed E-state index contributed by atoms with van der Waals surface area (Å²) in [5, 5.41) is 0. The number of carbonyl (C=O) groups is 1. The fourth-order valence-corrected chi connectivity index (χ4v) is 4.12. The van der Waals surface area contributed by atoms with Crippen LogP contribution in [0.1, 0.15) is 84.0 Å². The van der Waals surface area contributed by atoms with E-state index in [1.54, 1.807) is 0 Å². The monoisotopic (exact) mass is 398 g/mol. The second kappa shape index (κ2) is 17.4. The zero-order valence-electron chi connectivity index (χ0n) is 17.1. The Morgan fingerprint density at radius 3 is 2.37 bits per heavy atom. The van der Waals surface area contributed by atoms with Gasteiger partial charge in [0.2, 0.25) is 0 Å². The molecule has 5 heteroatoms. The molecule has 1 fully saturated rings. The molecular weight excluding hydrogens is 359 g/mol. The zero-order valence-corrected chi connectivity index (χ0v) is 18.0. The molecule has 4 nitrogen and oxygen atoms in total. The highest BCUT2D eigenvalue weighted by atomic mass is 31.2. The van der Waals surface area contributed by atoms with Crippen molar-refractivity contribution < 1.29 is 18.9 Å². The van der Waals surface area contributed by atoms with E-state index >= 15 is 0 Å². The van der Waals surface area contributed by atoms with Gasteiger partial charge in [0.25, 0.3) is 0 Å². The van der Waals surface area contributed by atoms with Crippen molar-refractivity contribution >= 4 is 14.3 Å². The Hall–Kier alpha value is -0.700. The third-order valence-corrected chi connectivity index (χ3v) is 5.96. The van der Waals surface area contributed by atoms with Gasteiger partial charge in [0.15, 0.2) is 8.38 Å². The van der Waals surface area contributed by atoms with Gasteiger partial charge in [-0.3, -0.25) is 4.79 Å². The quantitative estimate of drug-likeness (QED) is 0.144. The van der Waals surface area contributed by atoms with Crippen LogP contribution in [0, 0.1) is 5.92 Å². The zero-order chi connectivity index (χ0) is 19.6. The molecule has 0 amide bonds. The molecule has 2 unspecified atom stereocenters. The van der Waals surface area contributed by atoms with Gasteiger partial charge >= 0.3 is 5.97 Å². The van der Waals surface area contributed by atoms with Crippen molar-refractivity contribution in [2.45, 2.75) is 84.0 Å². The summed E-state index contributed by atoms with van der Waals surface area (Å²) in [6.45, 7) is 3.14. The molecule has 0 bridgehead atoms. The lowest BCUT2D eigenvalue weighted by Crippen LogP contribution is -2.15. The number of carbonyl (C=O) groups excluding carboxylic acids is 1. The van der Waals surface area contributed by atoms with Gasteiger partial charge in [0.05, 0.1) is 13.2 Å². The normalized spacial score (nSPS) is 20.1. The summed E-state index contributed by atoms with van der Waals surface area (Å²) >= 11 is 0. The molecule has 0 spiro atoms. The summed E-state index contributed by atoms with van der Waals surface area (Å²) in [6, 6.07) is 0. The van der Waals surface area contributed by atoms with Crippen LogP contribution in [0.5, 0.6) is 0 Å². The van der Waals surface area contributed by atoms with Gasteiger partial charge in [-0.2, -0.15) is 0 Å². The first-order chi connectivity index (χ1) is 13.2. The van der Waals surface area contributed by atoms with E-state index in [9.17, 15) is 9.69 Å². The highest BCUT2D eigenvalue weighted by Gasteiger charge is 2.25. The van der Waals surface area contributed by atoms with Crippen molar-refractivity contribution in [2.24, 2.45) is 5.92 Å². The Balaban J connectivity index is 1.81. The second-order valence-electron chi connectivity index (χ2n) is 7.36. The summed E-state index contributed by atoms with van der Waals surface area (Å²) in [5.41, 5.74) is 0. The molecule has 2 atom stereocenters. The van der Waals surface area contributed by atoms with Crippen LogP contribution in [-0.4, -0.2) is 30.2 Å². The third kappa shape index (κ3) is 15.0. The van der Waals surface area contributed by atoms with E-state index in [1.165, 1.54) is 44.9 Å². The lowest BCUT2D eigenvalue weighted by molar-refractivity contribution is -0.145. The van der Waals surface area contributed by atoms with Crippen LogP contribution >= 0.6 is 8.38 Å². The Morgan fingerprint density at radius 2 is 1.70 bits per heavy atom. The minimum absolute atomic E-state index is 0.116. The van der Waals surface area contributed by atoms with E-state index in [0.29, 0.717) is 25.8 Å². The minimum atomic E-state index is -1.26. The molecule has 27 heavy (non-hydrogen) atoms. The Kier molecular flexibility index (Phi) is 15.7. The molecule has 1 aliphatic rings. The third-order valence-electron chi connectivity index (χ3n) is 4.69. The van der Waals surface area contributed by atoms with Crippen molar-refractivity contribution in [1.29, 1.82) is 0 Å². The van der Waals surface area contributed by atoms with E-state index in [0.717, 1.165) is 25.7 Å². The number of ether oxygens (including phenoxy) is 1. The number of esters is 1. The van der Waals surface area contributed by atoms with Crippen LogP contribution < -0.4 is 0 Å². The van der Waals surface area contributed by atoms with E-state index < -0.39 is 8.38 Å². The molecule has 0 aliphatic carbocycles. The molecule has 156 valence electrons. The van der Waals surface area contributed by atoms with E-state index in [2.05, 4.69) is 31.2 Å². The van der Waals surface area contributed by atoms with Crippen LogP contribution in [0.15, 0.2) is 24.3 Å². The fraction of sp³-hybridized carbons (Fsp3) is 0.773. The molecule has 1 saturated heterocycles. The predicted octanol–water partition coefficient (Wildman–Crippen LogP) is 6.29. The molecule has 0 saturated carbocycles. The Bertz CT molecular complexity index is 423. The number of allylic oxidation sites excluding steroid dienone is 4. The summed E-state index contributed by atoms with van der Waals surface area (Å²) in [4.78, 5) is 21.0. The van der Waals surface area contributed by atoms with Crippen molar-refractivity contribution in [2.75, 3.05) is 19.4 Å². The average Bonchev–Trinajstić information content (AvgIpc) is 3.08. The summed E-state index contributed by atoms with van der Waals surface area (Å²) in [6.07, 6.45) is 23.3. The van der Waals surface area contributed by atoms with Gasteiger partial charge in [0, 0.05) is 18.5 Å². The predicted molar refractivity (Wildman–Crippen MR) is 114 cm³/mol. The van der Waals surface area contributed by atoms with Crippen LogP contribution in [0.2, 0.25) is 0 Å². The molecule has 1 aliphatic heterocycles. The highest BCUT2D eigenvalue weighted by Crippen LogP contribution is 2.40. The van der Waals surface area contributed by atoms with Gasteiger partial charge in [0.1, 0.15) is 0 Å². The van der Waals surface area contributed by atoms with Crippen LogP contribution in [0.3, 0.4) is 0 Å². The highest BCUT2D eigenvalue weighted by molar-refractivity contribution is 7.46. The van der Waals surface area contributed by atoms with Gasteiger partial charge in [-0.15, -0.1) is 0 Å². The van der Waals surface area contributed by atoms with E-state index in [-0.39, 0.29) is 11.9 Å². The fourth-order valence-electron chi connectivity index (χ4n) is 2.98. The second-order valence-corrected chi connectivity index (χ2v) is 8.69. The first-order valence-corrected chi connectivity index (χ1v) is 12.2. The molecule has 0 aromatic carbocycles. The van der Waals surface area contributed by atoms with Crippen molar-refractivity contribution in [3.63, 3.8) is 0 Å². The average molecular weight is 399 g/mol. The van der Waals surface area contributed by atoms with Crippen molar-refractivity contribution in [3.8, 4) is 0 Å². The Labute approximate surface area is 167 Å². The number of unbranched alkanes of at least 4 members (excludes halogenated alkanes) is 8. The summed E-state index contributed by atoms with van der Waals surface area (Å²) in [7, 11) is -1.26. The van der Waals surface area contributed by atoms with Crippen molar-refractivity contribution in [3.05, 3.63) is 24.3 Å². The minimum Gasteiger partial charge on any atom is -0.465 e. The lowest BCUT2D eigenvalue weighted by Gasteiger charge is -2.08. The largest absolute Gasteiger partial charge is 0.465 e. The number of hydrogen-bond acceptors (Lipinski definition) is 4. The maximum absolute atomic E-state index is 11.7. The molecule has 1 rings (SSSR count). The summed E-state index contributed by atoms with van der Waals surface area (Å²) in [5.74, 6) is 0.0597. The first-order valence-electron chi connectivity index (χ1n) is 10.8. The number of rotatable bonds is 16. The first kappa shape index (κ1) is 24.3. The van der Waals surface area contributed by atoms with Gasteiger partial charge in [-0.05, 0) is 38.5 Å². The molecule has 1 N–H and O–H groups in total. The molecule has 0 radical (unpaired) electrons. The maximum Gasteiger partial charge on any atom is 0.305 e. The van der Waals surface area contributed by atoms with Gasteiger partial charge in [-0.25, -0.2) is 0 Å². The van der Waals surface area contributed by atoms with E-state index in [4.69, 9.17) is 9.26 Å². The van der Waals surface area contributed by atoms with E-state index in [1.807, 2.05) is 0 Å².